The van der Waals surface area contributed by atoms with Crippen LogP contribution in [0, 0.1) is 12.3 Å². The number of hydrogen-bond donors (Lipinski definition) is 2. The highest BCUT2D eigenvalue weighted by molar-refractivity contribution is 5.80. The first-order valence-corrected chi connectivity index (χ1v) is 9.38. The minimum Gasteiger partial charge on any atom is -0.481 e. The van der Waals surface area contributed by atoms with Crippen molar-refractivity contribution in [2.45, 2.75) is 32.0 Å². The first-order valence-electron chi connectivity index (χ1n) is 9.38. The first kappa shape index (κ1) is 21.9. The molecule has 1 fully saturated rings. The van der Waals surface area contributed by atoms with E-state index in [9.17, 15) is 13.2 Å². The fourth-order valence-electron chi connectivity index (χ4n) is 3.04. The van der Waals surface area contributed by atoms with Gasteiger partial charge in [0.2, 0.25) is 0 Å². The van der Waals surface area contributed by atoms with Crippen molar-refractivity contribution in [1.29, 1.82) is 0 Å². The number of rotatable bonds is 8. The van der Waals surface area contributed by atoms with Gasteiger partial charge in [-0.3, -0.25) is 9.89 Å². The van der Waals surface area contributed by atoms with Crippen molar-refractivity contribution in [3.8, 4) is 18.1 Å². The third-order valence-corrected chi connectivity index (χ3v) is 4.28. The van der Waals surface area contributed by atoms with Gasteiger partial charge < -0.3 is 15.4 Å². The Kier molecular flexibility index (Phi) is 8.45. The van der Waals surface area contributed by atoms with Crippen LogP contribution in [0.1, 0.15) is 18.9 Å². The van der Waals surface area contributed by atoms with E-state index in [1.807, 2.05) is 31.2 Å². The second-order valence-corrected chi connectivity index (χ2v) is 6.63. The molecule has 0 saturated carbocycles. The number of nitrogens with one attached hydrogen (secondary N) is 2. The lowest BCUT2D eigenvalue weighted by atomic mass is 10.1. The molecule has 5 nitrogen and oxygen atoms in total. The quantitative estimate of drug-likeness (QED) is 0.403. The highest BCUT2D eigenvalue weighted by atomic mass is 19.4. The maximum absolute atomic E-state index is 12.5. The SMILES string of the molecule is C#CCOc1ccc(CCN=C(NCC)NC2CCN(CC(F)(F)F)C2)cc1. The second kappa shape index (κ2) is 10.8. The van der Waals surface area contributed by atoms with Gasteiger partial charge in [0, 0.05) is 32.2 Å². The summed E-state index contributed by atoms with van der Waals surface area (Å²) in [5, 5.41) is 6.39. The van der Waals surface area contributed by atoms with Crippen LogP contribution in [-0.4, -0.2) is 62.4 Å². The maximum atomic E-state index is 12.5. The van der Waals surface area contributed by atoms with Crippen LogP contribution < -0.4 is 15.4 Å². The van der Waals surface area contributed by atoms with Crippen molar-refractivity contribution in [2.75, 3.05) is 39.3 Å². The van der Waals surface area contributed by atoms with Crippen LogP contribution >= 0.6 is 0 Å². The van der Waals surface area contributed by atoms with Gasteiger partial charge in [-0.25, -0.2) is 0 Å². The Labute approximate surface area is 164 Å². The number of terminal acetylenes is 1. The first-order chi connectivity index (χ1) is 13.4. The highest BCUT2D eigenvalue weighted by Crippen LogP contribution is 2.20. The van der Waals surface area contributed by atoms with E-state index in [-0.39, 0.29) is 12.6 Å². The van der Waals surface area contributed by atoms with Gasteiger partial charge in [0.1, 0.15) is 12.4 Å². The molecule has 0 bridgehead atoms. The Hall–Kier alpha value is -2.40. The second-order valence-electron chi connectivity index (χ2n) is 6.63. The molecule has 1 aromatic carbocycles. The highest BCUT2D eigenvalue weighted by Gasteiger charge is 2.34. The molecule has 1 saturated heterocycles. The number of nitrogens with zero attached hydrogens (tertiary/aromatic N) is 2. The predicted octanol–water partition coefficient (Wildman–Crippen LogP) is 2.43. The number of alkyl halides is 3. The van der Waals surface area contributed by atoms with Gasteiger partial charge in [0.05, 0.1) is 6.54 Å². The molecular formula is C20H27F3N4O. The van der Waals surface area contributed by atoms with Gasteiger partial charge >= 0.3 is 6.18 Å². The largest absolute Gasteiger partial charge is 0.481 e. The van der Waals surface area contributed by atoms with Crippen molar-refractivity contribution in [3.05, 3.63) is 29.8 Å². The van der Waals surface area contributed by atoms with E-state index in [2.05, 4.69) is 21.5 Å². The zero-order valence-corrected chi connectivity index (χ0v) is 16.1. The standard InChI is InChI=1S/C20H27F3N4O/c1-3-13-28-18-7-5-16(6-8-18)9-11-25-19(24-4-2)26-17-10-12-27(14-17)15-20(21,22)23/h1,5-8,17H,4,9-15H2,2H3,(H2,24,25,26). The molecule has 8 heteroatoms. The van der Waals surface area contributed by atoms with Crippen LogP contribution in [0.15, 0.2) is 29.3 Å². The topological polar surface area (TPSA) is 48.9 Å². The molecule has 154 valence electrons. The number of halogens is 3. The summed E-state index contributed by atoms with van der Waals surface area (Å²) >= 11 is 0. The average Bonchev–Trinajstić information content (AvgIpc) is 3.06. The smallest absolute Gasteiger partial charge is 0.401 e. The zero-order valence-electron chi connectivity index (χ0n) is 16.1. The lowest BCUT2D eigenvalue weighted by molar-refractivity contribution is -0.143. The van der Waals surface area contributed by atoms with E-state index >= 15 is 0 Å². The Morgan fingerprint density at radius 1 is 1.36 bits per heavy atom. The molecule has 0 aliphatic carbocycles. The number of guanidine groups is 1. The summed E-state index contributed by atoms with van der Waals surface area (Å²) in [6.07, 6.45) is 2.42. The van der Waals surface area contributed by atoms with Gasteiger partial charge in [-0.05, 0) is 37.5 Å². The molecule has 1 aliphatic heterocycles. The van der Waals surface area contributed by atoms with Crippen LogP contribution in [0.25, 0.3) is 0 Å². The third kappa shape index (κ3) is 8.09. The fraction of sp³-hybridized carbons (Fsp3) is 0.550. The molecule has 2 rings (SSSR count). The van der Waals surface area contributed by atoms with Crippen LogP contribution in [0.5, 0.6) is 5.75 Å². The molecule has 0 radical (unpaired) electrons. The Morgan fingerprint density at radius 3 is 2.75 bits per heavy atom. The van der Waals surface area contributed by atoms with E-state index in [1.54, 1.807) is 0 Å². The third-order valence-electron chi connectivity index (χ3n) is 4.28. The zero-order chi connectivity index (χ0) is 20.4. The van der Waals surface area contributed by atoms with Crippen LogP contribution in [-0.2, 0) is 6.42 Å². The molecule has 1 unspecified atom stereocenters. The summed E-state index contributed by atoms with van der Waals surface area (Å²) in [4.78, 5) is 5.96. The normalized spacial score (nSPS) is 18.0. The van der Waals surface area contributed by atoms with Crippen LogP contribution in [0.3, 0.4) is 0 Å². The minimum atomic E-state index is -4.16. The molecule has 0 aromatic heterocycles. The van der Waals surface area contributed by atoms with Gasteiger partial charge in [-0.2, -0.15) is 13.2 Å². The van der Waals surface area contributed by atoms with E-state index in [1.165, 1.54) is 4.90 Å². The van der Waals surface area contributed by atoms with E-state index in [4.69, 9.17) is 11.2 Å². The van der Waals surface area contributed by atoms with Crippen molar-refractivity contribution < 1.29 is 17.9 Å². The molecular weight excluding hydrogens is 369 g/mol. The number of aliphatic imine (C=N–C) groups is 1. The number of ether oxygens (including phenoxy) is 1. The minimum absolute atomic E-state index is 0.0345. The van der Waals surface area contributed by atoms with Crippen molar-refractivity contribution >= 4 is 5.96 Å². The van der Waals surface area contributed by atoms with Gasteiger partial charge in [0.25, 0.3) is 0 Å². The van der Waals surface area contributed by atoms with Gasteiger partial charge in [-0.15, -0.1) is 6.42 Å². The Morgan fingerprint density at radius 2 is 2.11 bits per heavy atom. The van der Waals surface area contributed by atoms with Crippen LogP contribution in [0.4, 0.5) is 13.2 Å². The van der Waals surface area contributed by atoms with E-state index in [0.717, 1.165) is 17.7 Å². The van der Waals surface area contributed by atoms with Crippen molar-refractivity contribution in [3.63, 3.8) is 0 Å². The Balaban J connectivity index is 1.81. The summed E-state index contributed by atoms with van der Waals surface area (Å²) in [5.74, 6) is 3.78. The molecule has 0 amide bonds. The molecule has 0 spiro atoms. The summed E-state index contributed by atoms with van der Waals surface area (Å²) in [7, 11) is 0. The number of benzene rings is 1. The molecule has 1 aromatic rings. The maximum Gasteiger partial charge on any atom is 0.401 e. The van der Waals surface area contributed by atoms with Gasteiger partial charge in [0.15, 0.2) is 5.96 Å². The molecule has 1 heterocycles. The summed E-state index contributed by atoms with van der Waals surface area (Å²) in [6, 6.07) is 7.63. The molecule has 1 aliphatic rings. The summed E-state index contributed by atoms with van der Waals surface area (Å²) in [6.45, 7) is 3.39. The lowest BCUT2D eigenvalue weighted by Crippen LogP contribution is -2.45. The number of hydrogen-bond acceptors (Lipinski definition) is 3. The average molecular weight is 396 g/mol. The van der Waals surface area contributed by atoms with Gasteiger partial charge in [-0.1, -0.05) is 18.1 Å². The molecule has 28 heavy (non-hydrogen) atoms. The molecule has 2 N–H and O–H groups in total. The fourth-order valence-corrected chi connectivity index (χ4v) is 3.04. The molecule has 1 atom stereocenters. The Bertz CT molecular complexity index is 668. The van der Waals surface area contributed by atoms with Crippen LogP contribution in [0.2, 0.25) is 0 Å². The van der Waals surface area contributed by atoms with E-state index < -0.39 is 12.7 Å². The van der Waals surface area contributed by atoms with Crippen molar-refractivity contribution in [1.82, 2.24) is 15.5 Å². The summed E-state index contributed by atoms with van der Waals surface area (Å²) < 4.78 is 42.9. The van der Waals surface area contributed by atoms with Crippen molar-refractivity contribution in [2.24, 2.45) is 4.99 Å². The predicted molar refractivity (Wildman–Crippen MR) is 104 cm³/mol. The summed E-state index contributed by atoms with van der Waals surface area (Å²) in [5.41, 5.74) is 1.12. The number of likely N-dealkylation sites (tertiary alicyclic amines) is 1. The lowest BCUT2D eigenvalue weighted by Gasteiger charge is -2.19. The monoisotopic (exact) mass is 396 g/mol. The van der Waals surface area contributed by atoms with E-state index in [0.29, 0.717) is 38.6 Å².